The Labute approximate surface area is 68.6 Å². The highest BCUT2D eigenvalue weighted by atomic mass is 16.6. The van der Waals surface area contributed by atoms with E-state index < -0.39 is 37.3 Å². The molecule has 0 spiro atoms. The van der Waals surface area contributed by atoms with Gasteiger partial charge in [0.2, 0.25) is 0 Å². The van der Waals surface area contributed by atoms with Crippen LogP contribution in [0.5, 0.6) is 0 Å². The van der Waals surface area contributed by atoms with Crippen LogP contribution < -0.4 is 0 Å². The van der Waals surface area contributed by atoms with Crippen molar-refractivity contribution in [3.05, 3.63) is 0 Å². The molecule has 0 saturated carbocycles. The molecule has 6 heteroatoms. The average molecular weight is 180 g/mol. The third kappa shape index (κ3) is 1.58. The standard InChI is InChI=1S/C6H12O6/c7-1-2-3(8)4(9)5(10)6(11)12-2/h2-11H,1H2/t2?,3?,4-,5-,6?/m1/s1. The molecule has 1 heterocycles. The molecule has 72 valence electrons. The normalized spacial score (nSPS) is 49.2. The van der Waals surface area contributed by atoms with E-state index in [1.807, 2.05) is 0 Å². The van der Waals surface area contributed by atoms with E-state index in [9.17, 15) is 0 Å². The van der Waals surface area contributed by atoms with Crippen LogP contribution in [0.25, 0.3) is 0 Å². The van der Waals surface area contributed by atoms with E-state index in [0.717, 1.165) is 0 Å². The van der Waals surface area contributed by atoms with Crippen LogP contribution in [-0.2, 0) is 4.74 Å². The zero-order chi connectivity index (χ0) is 9.30. The first kappa shape index (κ1) is 9.85. The van der Waals surface area contributed by atoms with E-state index in [2.05, 4.69) is 4.74 Å². The zero-order valence-corrected chi connectivity index (χ0v) is 6.24. The molecule has 1 aliphatic rings. The molecule has 0 bridgehead atoms. The molecule has 0 aromatic carbocycles. The lowest BCUT2D eigenvalue weighted by Gasteiger charge is -2.37. The highest BCUT2D eigenvalue weighted by molar-refractivity contribution is 4.87. The van der Waals surface area contributed by atoms with Crippen LogP contribution in [0.2, 0.25) is 0 Å². The highest BCUT2D eigenvalue weighted by Crippen LogP contribution is 2.18. The lowest BCUT2D eigenvalue weighted by atomic mass is 10.00. The molecule has 1 aliphatic heterocycles. The quantitative estimate of drug-likeness (QED) is 0.290. The van der Waals surface area contributed by atoms with E-state index >= 15 is 0 Å². The molecule has 6 nitrogen and oxygen atoms in total. The van der Waals surface area contributed by atoms with Crippen LogP contribution in [0.15, 0.2) is 0 Å². The molecule has 0 radical (unpaired) electrons. The maximum atomic E-state index is 9.12. The molecular weight excluding hydrogens is 168 g/mol. The lowest BCUT2D eigenvalue weighted by Crippen LogP contribution is -2.58. The first-order valence-corrected chi connectivity index (χ1v) is 3.56. The van der Waals surface area contributed by atoms with E-state index in [-0.39, 0.29) is 0 Å². The summed E-state index contributed by atoms with van der Waals surface area (Å²) >= 11 is 0. The smallest absolute Gasteiger partial charge is 0.184 e. The molecule has 3 unspecified atom stereocenters. The Bertz CT molecular complexity index is 146. The first-order chi connectivity index (χ1) is 5.57. The van der Waals surface area contributed by atoms with Crippen LogP contribution in [0.1, 0.15) is 0 Å². The molecule has 5 N–H and O–H groups in total. The van der Waals surface area contributed by atoms with Gasteiger partial charge < -0.3 is 30.3 Å². The van der Waals surface area contributed by atoms with Crippen LogP contribution in [0, 0.1) is 0 Å². The van der Waals surface area contributed by atoms with Crippen LogP contribution in [-0.4, -0.2) is 62.8 Å². The molecule has 1 saturated heterocycles. The van der Waals surface area contributed by atoms with Gasteiger partial charge in [-0.3, -0.25) is 0 Å². The number of aliphatic hydroxyl groups is 5. The minimum absolute atomic E-state index is 0.526. The van der Waals surface area contributed by atoms with Crippen molar-refractivity contribution in [2.75, 3.05) is 6.61 Å². The second-order valence-electron chi connectivity index (χ2n) is 2.72. The van der Waals surface area contributed by atoms with Gasteiger partial charge in [0.15, 0.2) is 6.29 Å². The summed E-state index contributed by atoms with van der Waals surface area (Å²) in [6, 6.07) is 0. The SMILES string of the molecule is OCC1OC(O)[C@H](O)[C@H](O)C1O. The van der Waals surface area contributed by atoms with E-state index in [4.69, 9.17) is 25.5 Å². The fourth-order valence-electron chi connectivity index (χ4n) is 1.08. The van der Waals surface area contributed by atoms with Gasteiger partial charge in [0, 0.05) is 0 Å². The number of rotatable bonds is 1. The number of hydrogen-bond acceptors (Lipinski definition) is 6. The van der Waals surface area contributed by atoms with E-state index in [0.29, 0.717) is 0 Å². The predicted molar refractivity (Wildman–Crippen MR) is 36.0 cm³/mol. The summed E-state index contributed by atoms with van der Waals surface area (Å²) in [6.45, 7) is -0.526. The molecule has 5 atom stereocenters. The molecule has 12 heavy (non-hydrogen) atoms. The average Bonchev–Trinajstić information content (AvgIpc) is 2.08. The van der Waals surface area contributed by atoms with Gasteiger partial charge in [0.25, 0.3) is 0 Å². The summed E-state index contributed by atoms with van der Waals surface area (Å²) in [7, 11) is 0. The van der Waals surface area contributed by atoms with Crippen molar-refractivity contribution in [3.63, 3.8) is 0 Å². The number of hydrogen-bond donors (Lipinski definition) is 5. The fraction of sp³-hybridized carbons (Fsp3) is 1.00. The Balaban J connectivity index is 2.63. The number of ether oxygens (including phenoxy) is 1. The zero-order valence-electron chi connectivity index (χ0n) is 6.24. The maximum absolute atomic E-state index is 9.12. The van der Waals surface area contributed by atoms with Gasteiger partial charge in [-0.1, -0.05) is 0 Å². The Morgan fingerprint density at radius 2 is 1.50 bits per heavy atom. The van der Waals surface area contributed by atoms with E-state index in [1.54, 1.807) is 0 Å². The van der Waals surface area contributed by atoms with E-state index in [1.165, 1.54) is 0 Å². The first-order valence-electron chi connectivity index (χ1n) is 3.56. The summed E-state index contributed by atoms with van der Waals surface area (Å²) in [6.07, 6.45) is -7.04. The third-order valence-electron chi connectivity index (χ3n) is 1.87. The summed E-state index contributed by atoms with van der Waals surface area (Å²) in [5, 5.41) is 44.7. The summed E-state index contributed by atoms with van der Waals surface area (Å²) in [4.78, 5) is 0. The van der Waals surface area contributed by atoms with Gasteiger partial charge in [-0.25, -0.2) is 0 Å². The highest BCUT2D eigenvalue weighted by Gasteiger charge is 2.42. The molecule has 0 aromatic rings. The van der Waals surface area contributed by atoms with Crippen molar-refractivity contribution in [1.29, 1.82) is 0 Å². The monoisotopic (exact) mass is 180 g/mol. The van der Waals surface area contributed by atoms with Crippen molar-refractivity contribution in [2.45, 2.75) is 30.7 Å². The Kier molecular flexibility index (Phi) is 2.99. The van der Waals surface area contributed by atoms with Crippen molar-refractivity contribution < 1.29 is 30.3 Å². The van der Waals surface area contributed by atoms with Crippen molar-refractivity contribution in [3.8, 4) is 0 Å². The van der Waals surface area contributed by atoms with Gasteiger partial charge in [-0.05, 0) is 0 Å². The molecule has 1 fully saturated rings. The molecule has 1 rings (SSSR count). The fourth-order valence-corrected chi connectivity index (χ4v) is 1.08. The van der Waals surface area contributed by atoms with Gasteiger partial charge >= 0.3 is 0 Å². The van der Waals surface area contributed by atoms with Crippen LogP contribution in [0.4, 0.5) is 0 Å². The summed E-state index contributed by atoms with van der Waals surface area (Å²) in [5.74, 6) is 0. The molecule has 0 aliphatic carbocycles. The van der Waals surface area contributed by atoms with Gasteiger partial charge in [-0.15, -0.1) is 0 Å². The lowest BCUT2D eigenvalue weighted by molar-refractivity contribution is -0.286. The third-order valence-corrected chi connectivity index (χ3v) is 1.87. The topological polar surface area (TPSA) is 110 Å². The minimum atomic E-state index is -1.57. The second kappa shape index (κ2) is 3.65. The Hall–Kier alpha value is -0.240. The largest absolute Gasteiger partial charge is 0.394 e. The van der Waals surface area contributed by atoms with Crippen molar-refractivity contribution in [1.82, 2.24) is 0 Å². The van der Waals surface area contributed by atoms with Crippen LogP contribution >= 0.6 is 0 Å². The van der Waals surface area contributed by atoms with Crippen LogP contribution in [0.3, 0.4) is 0 Å². The molecular formula is C6H12O6. The number of aliphatic hydroxyl groups excluding tert-OH is 5. The maximum Gasteiger partial charge on any atom is 0.184 e. The summed E-state index contributed by atoms with van der Waals surface area (Å²) in [5.41, 5.74) is 0. The molecule has 0 aromatic heterocycles. The Morgan fingerprint density at radius 1 is 0.917 bits per heavy atom. The molecule has 0 amide bonds. The summed E-state index contributed by atoms with van der Waals surface area (Å²) < 4.78 is 4.58. The predicted octanol–water partition coefficient (Wildman–Crippen LogP) is -3.22. The van der Waals surface area contributed by atoms with Gasteiger partial charge in [0.05, 0.1) is 6.61 Å². The van der Waals surface area contributed by atoms with Gasteiger partial charge in [-0.2, -0.15) is 0 Å². The minimum Gasteiger partial charge on any atom is -0.394 e. The van der Waals surface area contributed by atoms with Crippen molar-refractivity contribution in [2.24, 2.45) is 0 Å². The van der Waals surface area contributed by atoms with Crippen molar-refractivity contribution >= 4 is 0 Å². The Morgan fingerprint density at radius 3 is 2.00 bits per heavy atom. The van der Waals surface area contributed by atoms with Gasteiger partial charge in [0.1, 0.15) is 24.4 Å². The second-order valence-corrected chi connectivity index (χ2v) is 2.72.